The lowest BCUT2D eigenvalue weighted by atomic mass is 10.1. The predicted molar refractivity (Wildman–Crippen MR) is 102 cm³/mol. The lowest BCUT2D eigenvalue weighted by Gasteiger charge is -2.33. The van der Waals surface area contributed by atoms with Gasteiger partial charge in [0.15, 0.2) is 0 Å². The molecule has 4 rings (SSSR count). The van der Waals surface area contributed by atoms with Crippen LogP contribution in [0.4, 0.5) is 0 Å². The SMILES string of the molecule is Cc1cc(O[C@@H]2CCCN(Cc3ccc4nccnc4c3)C2)cc(C)n1. The number of benzene rings is 1. The van der Waals surface area contributed by atoms with Crippen LogP contribution in [0, 0.1) is 13.8 Å². The van der Waals surface area contributed by atoms with E-state index < -0.39 is 0 Å². The first-order chi connectivity index (χ1) is 12.7. The van der Waals surface area contributed by atoms with E-state index in [0.29, 0.717) is 0 Å². The van der Waals surface area contributed by atoms with Crippen molar-refractivity contribution in [2.75, 3.05) is 13.1 Å². The summed E-state index contributed by atoms with van der Waals surface area (Å²) in [5.41, 5.74) is 5.18. The van der Waals surface area contributed by atoms with Gasteiger partial charge in [0.05, 0.1) is 11.0 Å². The number of nitrogens with zero attached hydrogens (tertiary/aromatic N) is 4. The summed E-state index contributed by atoms with van der Waals surface area (Å²) in [6.45, 7) is 6.98. The number of ether oxygens (including phenoxy) is 1. The van der Waals surface area contributed by atoms with Crippen LogP contribution < -0.4 is 4.74 Å². The smallest absolute Gasteiger partial charge is 0.123 e. The number of likely N-dealkylation sites (tertiary alicyclic amines) is 1. The fourth-order valence-corrected chi connectivity index (χ4v) is 3.67. The highest BCUT2D eigenvalue weighted by Gasteiger charge is 2.21. The third kappa shape index (κ3) is 3.99. The van der Waals surface area contributed by atoms with E-state index in [9.17, 15) is 0 Å². The maximum Gasteiger partial charge on any atom is 0.123 e. The van der Waals surface area contributed by atoms with Gasteiger partial charge in [0.25, 0.3) is 0 Å². The van der Waals surface area contributed by atoms with Crippen LogP contribution in [0.25, 0.3) is 11.0 Å². The van der Waals surface area contributed by atoms with Crippen LogP contribution in [-0.4, -0.2) is 39.0 Å². The van der Waals surface area contributed by atoms with Crippen LogP contribution >= 0.6 is 0 Å². The van der Waals surface area contributed by atoms with Gasteiger partial charge >= 0.3 is 0 Å². The number of fused-ring (bicyclic) bond motifs is 1. The van der Waals surface area contributed by atoms with E-state index in [1.807, 2.05) is 26.0 Å². The van der Waals surface area contributed by atoms with Crippen LogP contribution in [0.15, 0.2) is 42.7 Å². The van der Waals surface area contributed by atoms with Crippen molar-refractivity contribution in [1.29, 1.82) is 0 Å². The van der Waals surface area contributed by atoms with E-state index in [1.165, 1.54) is 5.56 Å². The van der Waals surface area contributed by atoms with Crippen molar-refractivity contribution in [3.8, 4) is 5.75 Å². The molecule has 0 radical (unpaired) electrons. The molecule has 0 unspecified atom stereocenters. The first kappa shape index (κ1) is 16.9. The molecule has 1 aliphatic heterocycles. The van der Waals surface area contributed by atoms with Gasteiger partial charge in [-0.2, -0.15) is 0 Å². The minimum Gasteiger partial charge on any atom is -0.489 e. The molecule has 1 saturated heterocycles. The minimum absolute atomic E-state index is 0.227. The molecule has 134 valence electrons. The highest BCUT2D eigenvalue weighted by molar-refractivity contribution is 5.74. The highest BCUT2D eigenvalue weighted by atomic mass is 16.5. The highest BCUT2D eigenvalue weighted by Crippen LogP contribution is 2.21. The number of aromatic nitrogens is 3. The average molecular weight is 348 g/mol. The summed E-state index contributed by atoms with van der Waals surface area (Å²) < 4.78 is 6.25. The number of pyridine rings is 1. The molecule has 3 heterocycles. The molecule has 0 spiro atoms. The van der Waals surface area contributed by atoms with Gasteiger partial charge in [-0.25, -0.2) is 0 Å². The summed E-state index contributed by atoms with van der Waals surface area (Å²) >= 11 is 0. The zero-order chi connectivity index (χ0) is 17.9. The number of hydrogen-bond donors (Lipinski definition) is 0. The molecule has 1 aliphatic rings. The van der Waals surface area contributed by atoms with E-state index in [1.54, 1.807) is 12.4 Å². The van der Waals surface area contributed by atoms with Gasteiger partial charge in [-0.15, -0.1) is 0 Å². The number of rotatable bonds is 4. The Morgan fingerprint density at radius 2 is 1.81 bits per heavy atom. The Morgan fingerprint density at radius 1 is 1.04 bits per heavy atom. The standard InChI is InChI=1S/C21H24N4O/c1-15-10-19(11-16(2)24-15)26-18-4-3-9-25(14-18)13-17-5-6-20-21(12-17)23-8-7-22-20/h5-8,10-12,18H,3-4,9,13-14H2,1-2H3/t18-/m1/s1. The lowest BCUT2D eigenvalue weighted by Crippen LogP contribution is -2.40. The largest absolute Gasteiger partial charge is 0.489 e. The fraction of sp³-hybridized carbons (Fsp3) is 0.381. The van der Waals surface area contributed by atoms with Gasteiger partial charge < -0.3 is 4.74 Å². The number of hydrogen-bond acceptors (Lipinski definition) is 5. The molecule has 5 heteroatoms. The van der Waals surface area contributed by atoms with Gasteiger partial charge in [-0.3, -0.25) is 19.9 Å². The Bertz CT molecular complexity index is 891. The molecule has 5 nitrogen and oxygen atoms in total. The van der Waals surface area contributed by atoms with Gasteiger partial charge in [-0.1, -0.05) is 6.07 Å². The zero-order valence-electron chi connectivity index (χ0n) is 15.4. The molecule has 3 aromatic rings. The summed E-state index contributed by atoms with van der Waals surface area (Å²) in [6, 6.07) is 10.4. The molecular formula is C21H24N4O. The van der Waals surface area contributed by atoms with Gasteiger partial charge in [-0.05, 0) is 50.9 Å². The van der Waals surface area contributed by atoms with Crippen LogP contribution in [0.3, 0.4) is 0 Å². The van der Waals surface area contributed by atoms with Crippen LogP contribution in [0.5, 0.6) is 5.75 Å². The Balaban J connectivity index is 1.42. The van der Waals surface area contributed by atoms with Crippen molar-refractivity contribution < 1.29 is 4.74 Å². The molecule has 0 bridgehead atoms. The van der Waals surface area contributed by atoms with E-state index in [-0.39, 0.29) is 6.10 Å². The van der Waals surface area contributed by atoms with Crippen molar-refractivity contribution in [3.05, 3.63) is 59.7 Å². The summed E-state index contributed by atoms with van der Waals surface area (Å²) in [7, 11) is 0. The second-order valence-electron chi connectivity index (χ2n) is 7.08. The third-order valence-electron chi connectivity index (χ3n) is 4.76. The normalized spacial score (nSPS) is 18.2. The summed E-state index contributed by atoms with van der Waals surface area (Å²) in [5, 5.41) is 0. The van der Waals surface area contributed by atoms with E-state index >= 15 is 0 Å². The number of piperidine rings is 1. The molecule has 1 aromatic carbocycles. The Kier molecular flexibility index (Phi) is 4.80. The molecule has 0 aliphatic carbocycles. The Hall–Kier alpha value is -2.53. The topological polar surface area (TPSA) is 51.1 Å². The van der Waals surface area contributed by atoms with Crippen LogP contribution in [-0.2, 0) is 6.54 Å². The van der Waals surface area contributed by atoms with E-state index in [0.717, 1.165) is 60.6 Å². The fourth-order valence-electron chi connectivity index (χ4n) is 3.67. The van der Waals surface area contributed by atoms with Gasteiger partial charge in [0.1, 0.15) is 11.9 Å². The Morgan fingerprint density at radius 3 is 2.62 bits per heavy atom. The third-order valence-corrected chi connectivity index (χ3v) is 4.76. The molecule has 0 N–H and O–H groups in total. The molecular weight excluding hydrogens is 324 g/mol. The Labute approximate surface area is 154 Å². The van der Waals surface area contributed by atoms with Gasteiger partial charge in [0.2, 0.25) is 0 Å². The maximum absolute atomic E-state index is 6.25. The molecule has 2 aromatic heterocycles. The first-order valence-electron chi connectivity index (χ1n) is 9.20. The van der Waals surface area contributed by atoms with Crippen molar-refractivity contribution in [3.63, 3.8) is 0 Å². The first-order valence-corrected chi connectivity index (χ1v) is 9.20. The minimum atomic E-state index is 0.227. The summed E-state index contributed by atoms with van der Waals surface area (Å²) in [5.74, 6) is 0.933. The lowest BCUT2D eigenvalue weighted by molar-refractivity contribution is 0.0842. The van der Waals surface area contributed by atoms with Crippen molar-refractivity contribution in [1.82, 2.24) is 19.9 Å². The van der Waals surface area contributed by atoms with Gasteiger partial charge in [0, 0.05) is 49.0 Å². The van der Waals surface area contributed by atoms with E-state index in [2.05, 4.69) is 38.1 Å². The van der Waals surface area contributed by atoms with E-state index in [4.69, 9.17) is 4.74 Å². The van der Waals surface area contributed by atoms with Crippen LogP contribution in [0.1, 0.15) is 29.8 Å². The molecule has 1 atom stereocenters. The van der Waals surface area contributed by atoms with Crippen molar-refractivity contribution in [2.24, 2.45) is 0 Å². The second-order valence-corrected chi connectivity index (χ2v) is 7.08. The quantitative estimate of drug-likeness (QED) is 0.720. The van der Waals surface area contributed by atoms with Crippen molar-refractivity contribution >= 4 is 11.0 Å². The molecule has 26 heavy (non-hydrogen) atoms. The summed E-state index contributed by atoms with van der Waals surface area (Å²) in [4.78, 5) is 15.6. The zero-order valence-corrected chi connectivity index (χ0v) is 15.4. The predicted octanol–water partition coefficient (Wildman–Crippen LogP) is 3.69. The molecule has 0 amide bonds. The second kappa shape index (κ2) is 7.38. The van der Waals surface area contributed by atoms with Crippen LogP contribution in [0.2, 0.25) is 0 Å². The molecule has 0 saturated carbocycles. The summed E-state index contributed by atoms with van der Waals surface area (Å²) in [6.07, 6.45) is 5.96. The monoisotopic (exact) mass is 348 g/mol. The number of aryl methyl sites for hydroxylation is 2. The van der Waals surface area contributed by atoms with Crippen molar-refractivity contribution in [2.45, 2.75) is 39.3 Å². The maximum atomic E-state index is 6.25. The average Bonchev–Trinajstić information content (AvgIpc) is 2.61. The molecule has 1 fully saturated rings.